The summed E-state index contributed by atoms with van der Waals surface area (Å²) in [6.07, 6.45) is 1.16. The fourth-order valence-corrected chi connectivity index (χ4v) is 5.52. The van der Waals surface area contributed by atoms with Gasteiger partial charge in [-0.3, -0.25) is 4.79 Å². The summed E-state index contributed by atoms with van der Waals surface area (Å²) in [4.78, 5) is 18.3. The Hall–Kier alpha value is -0.800. The van der Waals surface area contributed by atoms with Crippen molar-refractivity contribution >= 4 is 44.0 Å². The van der Waals surface area contributed by atoms with E-state index in [2.05, 4.69) is 4.98 Å². The topological polar surface area (TPSA) is 93.4 Å². The molecule has 1 atom stereocenters. The van der Waals surface area contributed by atoms with E-state index in [9.17, 15) is 13.2 Å². The van der Waals surface area contributed by atoms with Crippen LogP contribution in [0.1, 0.15) is 15.4 Å². The van der Waals surface area contributed by atoms with Gasteiger partial charge in [0.15, 0.2) is 15.0 Å². The number of nitrogens with two attached hydrogens (primary N) is 1. The van der Waals surface area contributed by atoms with Crippen molar-refractivity contribution in [3.8, 4) is 0 Å². The highest BCUT2D eigenvalue weighted by Crippen LogP contribution is 2.26. The van der Waals surface area contributed by atoms with Gasteiger partial charge in [-0.25, -0.2) is 13.4 Å². The van der Waals surface area contributed by atoms with E-state index < -0.39 is 15.2 Å². The molecule has 1 saturated heterocycles. The SMILES string of the molecule is Cc1nc(N)sc1C(=O)N1CCSCC1S(C)(=O)=O. The Balaban J connectivity index is 2.33. The zero-order valence-electron chi connectivity index (χ0n) is 10.6. The number of hydrogen-bond donors (Lipinski definition) is 1. The first kappa shape index (κ1) is 14.6. The number of carbonyl (C=O) groups excluding carboxylic acids is 1. The van der Waals surface area contributed by atoms with E-state index in [-0.39, 0.29) is 5.91 Å². The van der Waals surface area contributed by atoms with Gasteiger partial charge in [0.05, 0.1) is 5.69 Å². The van der Waals surface area contributed by atoms with Gasteiger partial charge in [0, 0.05) is 24.3 Å². The summed E-state index contributed by atoms with van der Waals surface area (Å²) in [6, 6.07) is 0. The average molecular weight is 321 g/mol. The number of sulfone groups is 1. The van der Waals surface area contributed by atoms with Crippen LogP contribution in [0.4, 0.5) is 5.13 Å². The smallest absolute Gasteiger partial charge is 0.267 e. The number of nitrogen functional groups attached to an aromatic ring is 1. The Kier molecular flexibility index (Phi) is 4.07. The van der Waals surface area contributed by atoms with Gasteiger partial charge in [-0.2, -0.15) is 11.8 Å². The molecule has 0 saturated carbocycles. The monoisotopic (exact) mass is 321 g/mol. The number of nitrogens with zero attached hydrogens (tertiary/aromatic N) is 2. The molecule has 1 amide bonds. The number of aryl methyl sites for hydroxylation is 1. The van der Waals surface area contributed by atoms with Gasteiger partial charge in [-0.05, 0) is 6.92 Å². The van der Waals surface area contributed by atoms with Crippen molar-refractivity contribution in [1.82, 2.24) is 9.88 Å². The van der Waals surface area contributed by atoms with E-state index in [0.717, 1.165) is 23.3 Å². The van der Waals surface area contributed by atoms with Crippen molar-refractivity contribution in [2.24, 2.45) is 0 Å². The average Bonchev–Trinajstić information content (AvgIpc) is 2.66. The Bertz CT molecular complexity index is 596. The van der Waals surface area contributed by atoms with Gasteiger partial charge < -0.3 is 10.6 Å². The zero-order valence-corrected chi connectivity index (χ0v) is 13.1. The van der Waals surface area contributed by atoms with Crippen molar-refractivity contribution in [2.75, 3.05) is 30.0 Å². The van der Waals surface area contributed by atoms with E-state index in [1.807, 2.05) is 0 Å². The van der Waals surface area contributed by atoms with E-state index in [0.29, 0.717) is 28.0 Å². The third kappa shape index (κ3) is 3.03. The molecule has 6 nitrogen and oxygen atoms in total. The lowest BCUT2D eigenvalue weighted by molar-refractivity contribution is 0.0753. The Morgan fingerprint density at radius 2 is 2.21 bits per heavy atom. The molecule has 2 rings (SSSR count). The Morgan fingerprint density at radius 1 is 1.53 bits per heavy atom. The zero-order chi connectivity index (χ0) is 14.2. The Labute approximate surface area is 120 Å². The third-order valence-corrected chi connectivity index (χ3v) is 6.46. The van der Waals surface area contributed by atoms with Gasteiger partial charge in [0.25, 0.3) is 5.91 Å². The molecule has 2 N–H and O–H groups in total. The van der Waals surface area contributed by atoms with Gasteiger partial charge in [-0.1, -0.05) is 11.3 Å². The first-order valence-corrected chi connectivity index (χ1v) is 9.53. The minimum atomic E-state index is -3.30. The highest BCUT2D eigenvalue weighted by Gasteiger charge is 2.35. The second kappa shape index (κ2) is 5.29. The summed E-state index contributed by atoms with van der Waals surface area (Å²) in [5.41, 5.74) is 6.14. The maximum Gasteiger partial charge on any atom is 0.267 e. The van der Waals surface area contributed by atoms with Crippen LogP contribution in [0.3, 0.4) is 0 Å². The lowest BCUT2D eigenvalue weighted by atomic mass is 10.3. The van der Waals surface area contributed by atoms with Gasteiger partial charge in [-0.15, -0.1) is 0 Å². The van der Waals surface area contributed by atoms with Crippen molar-refractivity contribution in [1.29, 1.82) is 0 Å². The molecule has 9 heteroatoms. The second-order valence-electron chi connectivity index (χ2n) is 4.32. The maximum atomic E-state index is 12.5. The number of thiazole rings is 1. The molecule has 106 valence electrons. The summed E-state index contributed by atoms with van der Waals surface area (Å²) in [5, 5.41) is -0.440. The normalized spacial score (nSPS) is 20.5. The molecular formula is C10H15N3O3S3. The molecule has 1 fully saturated rings. The van der Waals surface area contributed by atoms with Crippen molar-refractivity contribution in [2.45, 2.75) is 12.3 Å². The molecular weight excluding hydrogens is 306 g/mol. The molecule has 2 heterocycles. The quantitative estimate of drug-likeness (QED) is 0.857. The second-order valence-corrected chi connectivity index (χ2v) is 8.71. The van der Waals surface area contributed by atoms with E-state index in [1.54, 1.807) is 18.7 Å². The largest absolute Gasteiger partial charge is 0.375 e. The summed E-state index contributed by atoms with van der Waals surface area (Å²) in [5.74, 6) is 0.866. The third-order valence-electron chi connectivity index (χ3n) is 2.85. The number of amides is 1. The first-order chi connectivity index (χ1) is 8.80. The predicted molar refractivity (Wildman–Crippen MR) is 78.3 cm³/mol. The molecule has 0 bridgehead atoms. The van der Waals surface area contributed by atoms with Gasteiger partial charge >= 0.3 is 0 Å². The van der Waals surface area contributed by atoms with Crippen LogP contribution in [0, 0.1) is 6.92 Å². The molecule has 0 aliphatic carbocycles. The molecule has 0 spiro atoms. The van der Waals surface area contributed by atoms with Gasteiger partial charge in [0.2, 0.25) is 0 Å². The lowest BCUT2D eigenvalue weighted by Crippen LogP contribution is -2.49. The number of thioether (sulfide) groups is 1. The van der Waals surface area contributed by atoms with Crippen LogP contribution in [0.5, 0.6) is 0 Å². The van der Waals surface area contributed by atoms with Crippen LogP contribution >= 0.6 is 23.1 Å². The van der Waals surface area contributed by atoms with E-state index >= 15 is 0 Å². The molecule has 0 aromatic carbocycles. The first-order valence-electron chi connectivity index (χ1n) is 5.61. The predicted octanol–water partition coefficient (Wildman–Crippen LogP) is 0.593. The fourth-order valence-electron chi connectivity index (χ4n) is 1.91. The number of anilines is 1. The molecule has 1 aromatic heterocycles. The number of hydrogen-bond acceptors (Lipinski definition) is 7. The fraction of sp³-hybridized carbons (Fsp3) is 0.600. The van der Waals surface area contributed by atoms with Crippen LogP contribution in [0.25, 0.3) is 0 Å². The van der Waals surface area contributed by atoms with Crippen molar-refractivity contribution < 1.29 is 13.2 Å². The van der Waals surface area contributed by atoms with Crippen molar-refractivity contribution in [3.63, 3.8) is 0 Å². The van der Waals surface area contributed by atoms with Crippen LogP contribution in [0.15, 0.2) is 0 Å². The molecule has 0 radical (unpaired) electrons. The van der Waals surface area contributed by atoms with Crippen molar-refractivity contribution in [3.05, 3.63) is 10.6 Å². The maximum absolute atomic E-state index is 12.5. The van der Waals surface area contributed by atoms with Gasteiger partial charge in [0.1, 0.15) is 10.3 Å². The molecule has 1 unspecified atom stereocenters. The van der Waals surface area contributed by atoms with Crippen LogP contribution < -0.4 is 5.73 Å². The summed E-state index contributed by atoms with van der Waals surface area (Å²) in [7, 11) is -3.30. The van der Waals surface area contributed by atoms with E-state index in [1.165, 1.54) is 4.90 Å². The highest BCUT2D eigenvalue weighted by molar-refractivity contribution is 8.00. The standard InChI is InChI=1S/C10H15N3O3S3/c1-6-8(18-10(11)12-6)9(14)13-3-4-17-5-7(13)19(2,15)16/h7H,3-5H2,1-2H3,(H2,11,12). The number of aromatic nitrogens is 1. The Morgan fingerprint density at radius 3 is 2.74 bits per heavy atom. The lowest BCUT2D eigenvalue weighted by Gasteiger charge is -2.33. The summed E-state index contributed by atoms with van der Waals surface area (Å²) < 4.78 is 23.6. The minimum absolute atomic E-state index is 0.289. The summed E-state index contributed by atoms with van der Waals surface area (Å²) in [6.45, 7) is 2.13. The number of carbonyl (C=O) groups is 1. The minimum Gasteiger partial charge on any atom is -0.375 e. The van der Waals surface area contributed by atoms with Crippen LogP contribution in [0.2, 0.25) is 0 Å². The highest BCUT2D eigenvalue weighted by atomic mass is 32.2. The molecule has 1 aromatic rings. The summed E-state index contributed by atoms with van der Waals surface area (Å²) >= 11 is 2.65. The molecule has 1 aliphatic heterocycles. The van der Waals surface area contributed by atoms with Crippen LogP contribution in [-0.2, 0) is 9.84 Å². The molecule has 19 heavy (non-hydrogen) atoms. The number of rotatable bonds is 2. The van der Waals surface area contributed by atoms with E-state index in [4.69, 9.17) is 5.73 Å². The molecule has 1 aliphatic rings. The van der Waals surface area contributed by atoms with Crippen LogP contribution in [-0.4, -0.2) is 53.9 Å².